The molecule has 0 saturated carbocycles. The van der Waals surface area contributed by atoms with Gasteiger partial charge in [-0.05, 0) is 30.3 Å². The molecule has 0 atom stereocenters. The predicted molar refractivity (Wildman–Crippen MR) is 67.8 cm³/mol. The standard InChI is InChI=1S/C12H10ClNO2S/c13-9-4-3-5-10(8-9)17(15,16)12-7-2-1-6-11(12)14/h1-8H,14H2. The lowest BCUT2D eigenvalue weighted by Crippen LogP contribution is -2.05. The van der Waals surface area contributed by atoms with Crippen molar-refractivity contribution >= 4 is 27.1 Å². The number of rotatable bonds is 2. The molecule has 0 aliphatic rings. The highest BCUT2D eigenvalue weighted by molar-refractivity contribution is 7.91. The van der Waals surface area contributed by atoms with Crippen LogP contribution in [0.15, 0.2) is 58.3 Å². The molecule has 0 amide bonds. The fraction of sp³-hybridized carbons (Fsp3) is 0. The van der Waals surface area contributed by atoms with Crippen LogP contribution < -0.4 is 5.73 Å². The van der Waals surface area contributed by atoms with Gasteiger partial charge in [0.05, 0.1) is 15.5 Å². The smallest absolute Gasteiger partial charge is 0.208 e. The Morgan fingerprint density at radius 1 is 1.00 bits per heavy atom. The number of sulfone groups is 1. The molecule has 0 unspecified atom stereocenters. The van der Waals surface area contributed by atoms with Crippen LogP contribution in [0.2, 0.25) is 5.02 Å². The van der Waals surface area contributed by atoms with Crippen LogP contribution in [0.3, 0.4) is 0 Å². The molecule has 0 aliphatic carbocycles. The second-order valence-corrected chi connectivity index (χ2v) is 5.85. The van der Waals surface area contributed by atoms with Crippen molar-refractivity contribution in [3.8, 4) is 0 Å². The van der Waals surface area contributed by atoms with Crippen molar-refractivity contribution in [2.24, 2.45) is 0 Å². The normalized spacial score (nSPS) is 11.4. The molecular weight excluding hydrogens is 258 g/mol. The summed E-state index contributed by atoms with van der Waals surface area (Å²) in [6.07, 6.45) is 0. The van der Waals surface area contributed by atoms with Gasteiger partial charge in [0.2, 0.25) is 9.84 Å². The van der Waals surface area contributed by atoms with E-state index >= 15 is 0 Å². The third-order valence-electron chi connectivity index (χ3n) is 2.31. The average molecular weight is 268 g/mol. The minimum Gasteiger partial charge on any atom is -0.398 e. The number of nitrogens with two attached hydrogens (primary N) is 1. The summed E-state index contributed by atoms with van der Waals surface area (Å²) in [6, 6.07) is 12.5. The Morgan fingerprint density at radius 3 is 2.35 bits per heavy atom. The van der Waals surface area contributed by atoms with Crippen LogP contribution >= 0.6 is 11.6 Å². The Kier molecular flexibility index (Phi) is 3.09. The van der Waals surface area contributed by atoms with E-state index in [4.69, 9.17) is 17.3 Å². The zero-order chi connectivity index (χ0) is 12.5. The number of hydrogen-bond donors (Lipinski definition) is 1. The van der Waals surface area contributed by atoms with E-state index in [9.17, 15) is 8.42 Å². The largest absolute Gasteiger partial charge is 0.398 e. The molecule has 0 fully saturated rings. The summed E-state index contributed by atoms with van der Waals surface area (Å²) < 4.78 is 24.5. The molecule has 88 valence electrons. The van der Waals surface area contributed by atoms with Gasteiger partial charge in [-0.25, -0.2) is 8.42 Å². The van der Waals surface area contributed by atoms with E-state index in [0.29, 0.717) is 5.02 Å². The zero-order valence-corrected chi connectivity index (χ0v) is 10.4. The lowest BCUT2D eigenvalue weighted by molar-refractivity contribution is 0.596. The Bertz CT molecular complexity index is 653. The highest BCUT2D eigenvalue weighted by Gasteiger charge is 2.19. The molecule has 0 heterocycles. The number of para-hydroxylation sites is 1. The number of nitrogen functional groups attached to an aromatic ring is 1. The van der Waals surface area contributed by atoms with Crippen LogP contribution in [0, 0.1) is 0 Å². The average Bonchev–Trinajstić information content (AvgIpc) is 2.29. The van der Waals surface area contributed by atoms with Crippen molar-refractivity contribution in [1.82, 2.24) is 0 Å². The van der Waals surface area contributed by atoms with E-state index in [1.165, 1.54) is 18.2 Å². The van der Waals surface area contributed by atoms with E-state index in [2.05, 4.69) is 0 Å². The second-order valence-electron chi connectivity index (χ2n) is 3.50. The van der Waals surface area contributed by atoms with Crippen molar-refractivity contribution in [2.45, 2.75) is 9.79 Å². The topological polar surface area (TPSA) is 60.2 Å². The van der Waals surface area contributed by atoms with E-state index in [0.717, 1.165) is 0 Å². The lowest BCUT2D eigenvalue weighted by Gasteiger charge is -2.07. The number of halogens is 1. The third-order valence-corrected chi connectivity index (χ3v) is 4.38. The zero-order valence-electron chi connectivity index (χ0n) is 8.80. The van der Waals surface area contributed by atoms with E-state index in [1.807, 2.05) is 0 Å². The second kappa shape index (κ2) is 4.39. The molecule has 2 aromatic carbocycles. The highest BCUT2D eigenvalue weighted by atomic mass is 35.5. The molecule has 0 spiro atoms. The van der Waals surface area contributed by atoms with Gasteiger partial charge in [-0.2, -0.15) is 0 Å². The van der Waals surface area contributed by atoms with Gasteiger partial charge >= 0.3 is 0 Å². The first-order valence-corrected chi connectivity index (χ1v) is 6.73. The Hall–Kier alpha value is -1.52. The first-order valence-electron chi connectivity index (χ1n) is 4.87. The molecule has 0 saturated heterocycles. The molecule has 2 aromatic rings. The maximum absolute atomic E-state index is 12.3. The predicted octanol–water partition coefficient (Wildman–Crippen LogP) is 2.76. The molecule has 0 bridgehead atoms. The third kappa shape index (κ3) is 2.28. The fourth-order valence-corrected chi connectivity index (χ4v) is 3.17. The van der Waals surface area contributed by atoms with E-state index in [1.54, 1.807) is 30.3 Å². The highest BCUT2D eigenvalue weighted by Crippen LogP contribution is 2.26. The van der Waals surface area contributed by atoms with Gasteiger partial charge in [0.15, 0.2) is 0 Å². The lowest BCUT2D eigenvalue weighted by atomic mass is 10.3. The number of hydrogen-bond acceptors (Lipinski definition) is 3. The monoisotopic (exact) mass is 267 g/mol. The van der Waals surface area contributed by atoms with Crippen molar-refractivity contribution < 1.29 is 8.42 Å². The number of anilines is 1. The summed E-state index contributed by atoms with van der Waals surface area (Å²) in [5.41, 5.74) is 5.90. The van der Waals surface area contributed by atoms with Crippen molar-refractivity contribution in [3.05, 3.63) is 53.6 Å². The Labute approximate surface area is 105 Å². The van der Waals surface area contributed by atoms with Crippen molar-refractivity contribution in [1.29, 1.82) is 0 Å². The quantitative estimate of drug-likeness (QED) is 0.851. The summed E-state index contributed by atoms with van der Waals surface area (Å²) in [6.45, 7) is 0. The van der Waals surface area contributed by atoms with E-state index < -0.39 is 9.84 Å². The van der Waals surface area contributed by atoms with Crippen LogP contribution in [0.4, 0.5) is 5.69 Å². The molecular formula is C12H10ClNO2S. The minimum atomic E-state index is -3.60. The van der Waals surface area contributed by atoms with Gasteiger partial charge in [0, 0.05) is 5.02 Å². The molecule has 3 nitrogen and oxygen atoms in total. The van der Waals surface area contributed by atoms with Crippen LogP contribution in [-0.4, -0.2) is 8.42 Å². The molecule has 17 heavy (non-hydrogen) atoms. The van der Waals surface area contributed by atoms with E-state index in [-0.39, 0.29) is 15.5 Å². The van der Waals surface area contributed by atoms with Crippen LogP contribution in [-0.2, 0) is 9.84 Å². The number of benzene rings is 2. The summed E-state index contributed by atoms with van der Waals surface area (Å²) in [7, 11) is -3.60. The fourth-order valence-electron chi connectivity index (χ4n) is 1.49. The molecule has 5 heteroatoms. The first-order chi connectivity index (χ1) is 8.01. The summed E-state index contributed by atoms with van der Waals surface area (Å²) in [5, 5.41) is 0.376. The van der Waals surface area contributed by atoms with Crippen molar-refractivity contribution in [3.63, 3.8) is 0 Å². The molecule has 2 N–H and O–H groups in total. The molecule has 2 rings (SSSR count). The Morgan fingerprint density at radius 2 is 1.71 bits per heavy atom. The van der Waals surface area contributed by atoms with Gasteiger partial charge in [-0.3, -0.25) is 0 Å². The van der Waals surface area contributed by atoms with Gasteiger partial charge in [-0.1, -0.05) is 29.8 Å². The maximum atomic E-state index is 12.3. The van der Waals surface area contributed by atoms with Gasteiger partial charge < -0.3 is 5.73 Å². The van der Waals surface area contributed by atoms with Crippen LogP contribution in [0.1, 0.15) is 0 Å². The first kappa shape index (κ1) is 12.0. The summed E-state index contributed by atoms with van der Waals surface area (Å²) in [4.78, 5) is 0.241. The van der Waals surface area contributed by atoms with Crippen LogP contribution in [0.25, 0.3) is 0 Å². The molecule has 0 radical (unpaired) electrons. The van der Waals surface area contributed by atoms with Gasteiger partial charge in [-0.15, -0.1) is 0 Å². The Balaban J connectivity index is 2.63. The van der Waals surface area contributed by atoms with Crippen LogP contribution in [0.5, 0.6) is 0 Å². The minimum absolute atomic E-state index is 0.0993. The van der Waals surface area contributed by atoms with Gasteiger partial charge in [0.25, 0.3) is 0 Å². The maximum Gasteiger partial charge on any atom is 0.208 e. The molecule has 0 aliphatic heterocycles. The SMILES string of the molecule is Nc1ccccc1S(=O)(=O)c1cccc(Cl)c1. The summed E-state index contributed by atoms with van der Waals surface area (Å²) >= 11 is 5.78. The van der Waals surface area contributed by atoms with Gasteiger partial charge in [0.1, 0.15) is 0 Å². The summed E-state index contributed by atoms with van der Waals surface area (Å²) in [5.74, 6) is 0. The van der Waals surface area contributed by atoms with Crippen molar-refractivity contribution in [2.75, 3.05) is 5.73 Å². The molecule has 0 aromatic heterocycles.